The number of hydrogen-bond donors (Lipinski definition) is 0. The largest absolute Gasteiger partial charge is 0.215 e. The minimum Gasteiger partial charge on any atom is -0.215 e. The van der Waals surface area contributed by atoms with Gasteiger partial charge < -0.3 is 0 Å². The molecule has 0 spiro atoms. The molecule has 0 nitrogen and oxygen atoms in total. The summed E-state index contributed by atoms with van der Waals surface area (Å²) in [6.07, 6.45) is 0.636. The number of hydrogen-bond acceptors (Lipinski definition) is 0. The molecule has 0 unspecified atom stereocenters. The second-order valence-electron chi connectivity index (χ2n) is 3.74. The van der Waals surface area contributed by atoms with Crippen molar-refractivity contribution in [1.82, 2.24) is 0 Å². The van der Waals surface area contributed by atoms with Gasteiger partial charge in [-0.25, -0.2) is 4.39 Å². The maximum absolute atomic E-state index is 12.3. The lowest BCUT2D eigenvalue weighted by Gasteiger charge is -2.03. The standard InChI is InChI=1S/C15H13F/c1-12(11-16)13-7-9-15(10-8-13)14-5-3-2-4-6-14/h2-11H,1H3/b12-11-. The Balaban J connectivity index is 2.34. The van der Waals surface area contributed by atoms with E-state index in [0.29, 0.717) is 11.9 Å². The van der Waals surface area contributed by atoms with Crippen LogP contribution in [0.2, 0.25) is 0 Å². The molecule has 0 bridgehead atoms. The molecule has 80 valence electrons. The van der Waals surface area contributed by atoms with E-state index in [0.717, 1.165) is 11.1 Å². The second-order valence-corrected chi connectivity index (χ2v) is 3.74. The fourth-order valence-electron chi connectivity index (χ4n) is 1.62. The zero-order valence-corrected chi connectivity index (χ0v) is 9.15. The summed E-state index contributed by atoms with van der Waals surface area (Å²) in [5.41, 5.74) is 3.90. The molecule has 0 aliphatic rings. The highest BCUT2D eigenvalue weighted by Gasteiger charge is 1.98. The van der Waals surface area contributed by atoms with Gasteiger partial charge in [-0.1, -0.05) is 54.6 Å². The lowest BCUT2D eigenvalue weighted by Crippen LogP contribution is -1.80. The molecule has 2 aromatic carbocycles. The van der Waals surface area contributed by atoms with Crippen molar-refractivity contribution < 1.29 is 4.39 Å². The topological polar surface area (TPSA) is 0 Å². The first-order valence-electron chi connectivity index (χ1n) is 5.24. The number of allylic oxidation sites excluding steroid dienone is 1. The molecule has 0 fully saturated rings. The van der Waals surface area contributed by atoms with Gasteiger partial charge in [0, 0.05) is 0 Å². The fourth-order valence-corrected chi connectivity index (χ4v) is 1.62. The Kier molecular flexibility index (Phi) is 3.16. The van der Waals surface area contributed by atoms with Gasteiger partial charge in [-0.3, -0.25) is 0 Å². The van der Waals surface area contributed by atoms with Crippen LogP contribution in [-0.4, -0.2) is 0 Å². The quantitative estimate of drug-likeness (QED) is 0.677. The Morgan fingerprint density at radius 2 is 1.44 bits per heavy atom. The van der Waals surface area contributed by atoms with Crippen molar-refractivity contribution in [3.63, 3.8) is 0 Å². The summed E-state index contributed by atoms with van der Waals surface area (Å²) in [6.45, 7) is 1.76. The van der Waals surface area contributed by atoms with Gasteiger partial charge in [0.15, 0.2) is 0 Å². The van der Waals surface area contributed by atoms with E-state index in [1.165, 1.54) is 5.56 Å². The number of halogens is 1. The van der Waals surface area contributed by atoms with Crippen molar-refractivity contribution in [1.29, 1.82) is 0 Å². The van der Waals surface area contributed by atoms with Gasteiger partial charge in [0.05, 0.1) is 6.33 Å². The van der Waals surface area contributed by atoms with Crippen LogP contribution in [-0.2, 0) is 0 Å². The summed E-state index contributed by atoms with van der Waals surface area (Å²) in [6, 6.07) is 18.0. The molecule has 0 aliphatic heterocycles. The van der Waals surface area contributed by atoms with Gasteiger partial charge in [-0.2, -0.15) is 0 Å². The maximum atomic E-state index is 12.3. The highest BCUT2D eigenvalue weighted by molar-refractivity contribution is 5.69. The van der Waals surface area contributed by atoms with Crippen molar-refractivity contribution in [3.05, 3.63) is 66.5 Å². The highest BCUT2D eigenvalue weighted by atomic mass is 19.1. The Bertz CT molecular complexity index is 481. The van der Waals surface area contributed by atoms with E-state index in [1.807, 2.05) is 42.5 Å². The van der Waals surface area contributed by atoms with Crippen LogP contribution in [0.4, 0.5) is 4.39 Å². The summed E-state index contributed by atoms with van der Waals surface area (Å²) >= 11 is 0. The lowest BCUT2D eigenvalue weighted by molar-refractivity contribution is 0.723. The van der Waals surface area contributed by atoms with Crippen molar-refractivity contribution >= 4 is 5.57 Å². The molecule has 2 aromatic rings. The third-order valence-corrected chi connectivity index (χ3v) is 2.61. The van der Waals surface area contributed by atoms with E-state index in [9.17, 15) is 4.39 Å². The predicted molar refractivity (Wildman–Crippen MR) is 66.6 cm³/mol. The molecule has 16 heavy (non-hydrogen) atoms. The van der Waals surface area contributed by atoms with Crippen molar-refractivity contribution in [3.8, 4) is 11.1 Å². The minimum atomic E-state index is 0.636. The van der Waals surface area contributed by atoms with Crippen LogP contribution in [0.25, 0.3) is 16.7 Å². The Labute approximate surface area is 95.1 Å². The molecule has 0 saturated carbocycles. The number of rotatable bonds is 2. The van der Waals surface area contributed by atoms with Crippen LogP contribution in [0, 0.1) is 0 Å². The average molecular weight is 212 g/mol. The van der Waals surface area contributed by atoms with Crippen LogP contribution >= 0.6 is 0 Å². The summed E-state index contributed by atoms with van der Waals surface area (Å²) < 4.78 is 12.3. The van der Waals surface area contributed by atoms with Gasteiger partial charge in [0.25, 0.3) is 0 Å². The summed E-state index contributed by atoms with van der Waals surface area (Å²) in [5, 5.41) is 0. The zero-order chi connectivity index (χ0) is 11.4. The summed E-state index contributed by atoms with van der Waals surface area (Å²) in [4.78, 5) is 0. The van der Waals surface area contributed by atoms with Crippen LogP contribution < -0.4 is 0 Å². The first-order valence-corrected chi connectivity index (χ1v) is 5.24. The number of benzene rings is 2. The predicted octanol–water partition coefficient (Wildman–Crippen LogP) is 4.68. The molecular formula is C15H13F. The van der Waals surface area contributed by atoms with Crippen LogP contribution in [0.5, 0.6) is 0 Å². The first-order chi connectivity index (χ1) is 7.81. The molecule has 0 heterocycles. The van der Waals surface area contributed by atoms with Crippen LogP contribution in [0.1, 0.15) is 12.5 Å². The van der Waals surface area contributed by atoms with Crippen molar-refractivity contribution in [2.24, 2.45) is 0 Å². The molecule has 0 aliphatic carbocycles. The first kappa shape index (κ1) is 10.6. The highest BCUT2D eigenvalue weighted by Crippen LogP contribution is 2.22. The van der Waals surface area contributed by atoms with E-state index in [-0.39, 0.29) is 0 Å². The van der Waals surface area contributed by atoms with Crippen LogP contribution in [0.15, 0.2) is 60.9 Å². The Morgan fingerprint density at radius 1 is 0.875 bits per heavy atom. The summed E-state index contributed by atoms with van der Waals surface area (Å²) in [7, 11) is 0. The minimum absolute atomic E-state index is 0.636. The van der Waals surface area contributed by atoms with Gasteiger partial charge in [0.2, 0.25) is 0 Å². The molecule has 0 amide bonds. The Morgan fingerprint density at radius 3 is 2.00 bits per heavy atom. The van der Waals surface area contributed by atoms with Crippen molar-refractivity contribution in [2.45, 2.75) is 6.92 Å². The van der Waals surface area contributed by atoms with E-state index >= 15 is 0 Å². The maximum Gasteiger partial charge on any atom is 0.0902 e. The van der Waals surface area contributed by atoms with E-state index in [4.69, 9.17) is 0 Å². The van der Waals surface area contributed by atoms with Gasteiger partial charge in [0.1, 0.15) is 0 Å². The smallest absolute Gasteiger partial charge is 0.0902 e. The molecule has 2 rings (SSSR count). The monoisotopic (exact) mass is 212 g/mol. The van der Waals surface area contributed by atoms with Crippen molar-refractivity contribution in [2.75, 3.05) is 0 Å². The molecule has 0 atom stereocenters. The second kappa shape index (κ2) is 4.75. The summed E-state index contributed by atoms with van der Waals surface area (Å²) in [5.74, 6) is 0. The molecular weight excluding hydrogens is 199 g/mol. The van der Waals surface area contributed by atoms with Gasteiger partial charge in [-0.15, -0.1) is 0 Å². The third-order valence-electron chi connectivity index (χ3n) is 2.61. The molecule has 0 saturated heterocycles. The molecule has 0 N–H and O–H groups in total. The Hall–Kier alpha value is -1.89. The SMILES string of the molecule is C/C(=C/F)c1ccc(-c2ccccc2)cc1. The lowest BCUT2D eigenvalue weighted by atomic mass is 10.0. The van der Waals surface area contributed by atoms with E-state index in [1.54, 1.807) is 6.92 Å². The molecule has 0 aromatic heterocycles. The zero-order valence-electron chi connectivity index (χ0n) is 9.15. The van der Waals surface area contributed by atoms with Crippen LogP contribution in [0.3, 0.4) is 0 Å². The molecule has 1 heteroatoms. The fraction of sp³-hybridized carbons (Fsp3) is 0.0667. The van der Waals surface area contributed by atoms with Gasteiger partial charge >= 0.3 is 0 Å². The van der Waals surface area contributed by atoms with E-state index < -0.39 is 0 Å². The van der Waals surface area contributed by atoms with Gasteiger partial charge in [-0.05, 0) is 29.2 Å². The molecule has 0 radical (unpaired) electrons. The third kappa shape index (κ3) is 2.19. The average Bonchev–Trinajstić information content (AvgIpc) is 2.39. The normalized spacial score (nSPS) is 11.5. The van der Waals surface area contributed by atoms with E-state index in [2.05, 4.69) is 12.1 Å².